The van der Waals surface area contributed by atoms with Gasteiger partial charge in [0.15, 0.2) is 11.5 Å². The number of anilines is 1. The molecule has 0 bridgehead atoms. The number of nitrogens with zero attached hydrogens (tertiary/aromatic N) is 2. The average molecular weight is 329 g/mol. The molecule has 0 aliphatic carbocycles. The summed E-state index contributed by atoms with van der Waals surface area (Å²) < 4.78 is 10.7. The van der Waals surface area contributed by atoms with E-state index in [1.165, 1.54) is 0 Å². The first-order valence-electron chi connectivity index (χ1n) is 7.23. The Labute approximate surface area is 138 Å². The van der Waals surface area contributed by atoms with E-state index in [4.69, 9.17) is 9.47 Å². The molecule has 1 unspecified atom stereocenters. The third-order valence-electron chi connectivity index (χ3n) is 4.06. The lowest BCUT2D eigenvalue weighted by Crippen LogP contribution is -2.48. The lowest BCUT2D eigenvalue weighted by molar-refractivity contribution is -0.118. The standard InChI is InChI=1S/C16H24N2O3.ClH/c1-6-16(19)18-10-12(17(2)3)7-11-8-14(20-4)15(21-5)9-13(11)18;/h8-9,12H,6-7,10H2,1-5H3;1H. The van der Waals surface area contributed by atoms with E-state index in [0.717, 1.165) is 17.7 Å². The van der Waals surface area contributed by atoms with Crippen LogP contribution in [0.1, 0.15) is 18.9 Å². The normalized spacial score (nSPS) is 16.8. The van der Waals surface area contributed by atoms with Crippen LogP contribution in [-0.2, 0) is 11.2 Å². The summed E-state index contributed by atoms with van der Waals surface area (Å²) in [4.78, 5) is 16.3. The summed E-state index contributed by atoms with van der Waals surface area (Å²) >= 11 is 0. The highest BCUT2D eigenvalue weighted by Crippen LogP contribution is 2.38. The molecule has 22 heavy (non-hydrogen) atoms. The van der Waals surface area contributed by atoms with E-state index in [1.807, 2.05) is 38.1 Å². The molecule has 5 nitrogen and oxygen atoms in total. The zero-order valence-electron chi connectivity index (χ0n) is 13.9. The molecule has 0 aromatic heterocycles. The molecule has 0 radical (unpaired) electrons. The van der Waals surface area contributed by atoms with Crippen molar-refractivity contribution in [3.8, 4) is 11.5 Å². The molecule has 1 amide bonds. The van der Waals surface area contributed by atoms with E-state index in [2.05, 4.69) is 4.90 Å². The fourth-order valence-corrected chi connectivity index (χ4v) is 2.73. The summed E-state index contributed by atoms with van der Waals surface area (Å²) in [5, 5.41) is 0. The van der Waals surface area contributed by atoms with Crippen LogP contribution in [0.25, 0.3) is 0 Å². The number of carbonyl (C=O) groups is 1. The molecule has 0 saturated heterocycles. The lowest BCUT2D eigenvalue weighted by atomic mass is 9.96. The Morgan fingerprint density at radius 1 is 1.27 bits per heavy atom. The first kappa shape index (κ1) is 18.6. The largest absolute Gasteiger partial charge is 0.493 e. The van der Waals surface area contributed by atoms with Crippen LogP contribution >= 0.6 is 12.4 Å². The minimum atomic E-state index is 0. The van der Waals surface area contributed by atoms with Crippen LogP contribution in [0.2, 0.25) is 0 Å². The summed E-state index contributed by atoms with van der Waals surface area (Å²) in [5.74, 6) is 1.50. The van der Waals surface area contributed by atoms with Crippen molar-refractivity contribution in [2.75, 3.05) is 39.8 Å². The van der Waals surface area contributed by atoms with Gasteiger partial charge >= 0.3 is 0 Å². The van der Waals surface area contributed by atoms with Crippen molar-refractivity contribution in [2.45, 2.75) is 25.8 Å². The quantitative estimate of drug-likeness (QED) is 0.851. The Balaban J connectivity index is 0.00000242. The first-order valence-corrected chi connectivity index (χ1v) is 7.23. The van der Waals surface area contributed by atoms with Crippen LogP contribution < -0.4 is 14.4 Å². The molecule has 1 aromatic rings. The van der Waals surface area contributed by atoms with Crippen molar-refractivity contribution >= 4 is 24.0 Å². The van der Waals surface area contributed by atoms with E-state index in [-0.39, 0.29) is 18.3 Å². The van der Waals surface area contributed by atoms with Crippen LogP contribution in [0.4, 0.5) is 5.69 Å². The van der Waals surface area contributed by atoms with Gasteiger partial charge in [-0.05, 0) is 32.1 Å². The van der Waals surface area contributed by atoms with Crippen LogP contribution in [0.5, 0.6) is 11.5 Å². The molecule has 2 rings (SSSR count). The summed E-state index contributed by atoms with van der Waals surface area (Å²) in [7, 11) is 7.34. The number of likely N-dealkylation sites (N-methyl/N-ethyl adjacent to an activating group) is 1. The number of hydrogen-bond donors (Lipinski definition) is 0. The maximum absolute atomic E-state index is 12.3. The van der Waals surface area contributed by atoms with Gasteiger partial charge in [0, 0.05) is 25.1 Å². The monoisotopic (exact) mass is 328 g/mol. The Bertz CT molecular complexity index is 534. The number of ether oxygens (including phenoxy) is 2. The van der Waals surface area contributed by atoms with Gasteiger partial charge in [0.05, 0.1) is 19.9 Å². The average Bonchev–Trinajstić information content (AvgIpc) is 2.51. The van der Waals surface area contributed by atoms with E-state index < -0.39 is 0 Å². The van der Waals surface area contributed by atoms with E-state index in [1.54, 1.807) is 14.2 Å². The third-order valence-corrected chi connectivity index (χ3v) is 4.06. The summed E-state index contributed by atoms with van der Waals surface area (Å²) in [5.41, 5.74) is 2.07. The van der Waals surface area contributed by atoms with Gasteiger partial charge in [-0.3, -0.25) is 4.79 Å². The topological polar surface area (TPSA) is 42.0 Å². The van der Waals surface area contributed by atoms with E-state index >= 15 is 0 Å². The fraction of sp³-hybridized carbons (Fsp3) is 0.562. The molecule has 0 saturated carbocycles. The number of hydrogen-bond acceptors (Lipinski definition) is 4. The SMILES string of the molecule is CCC(=O)N1CC(N(C)C)Cc2cc(OC)c(OC)cc21.Cl. The van der Waals surface area contributed by atoms with Crippen molar-refractivity contribution in [1.82, 2.24) is 4.90 Å². The molecule has 1 aromatic carbocycles. The van der Waals surface area contributed by atoms with E-state index in [9.17, 15) is 4.79 Å². The molecule has 1 aliphatic rings. The Morgan fingerprint density at radius 3 is 2.36 bits per heavy atom. The van der Waals surface area contributed by atoms with Crippen molar-refractivity contribution in [1.29, 1.82) is 0 Å². The lowest BCUT2D eigenvalue weighted by Gasteiger charge is -2.38. The zero-order valence-corrected chi connectivity index (χ0v) is 14.7. The Hall–Kier alpha value is -1.46. The summed E-state index contributed by atoms with van der Waals surface area (Å²) in [6.07, 6.45) is 1.39. The highest BCUT2D eigenvalue weighted by molar-refractivity contribution is 5.95. The first-order chi connectivity index (χ1) is 10.0. The number of halogens is 1. The summed E-state index contributed by atoms with van der Waals surface area (Å²) in [6, 6.07) is 4.21. The van der Waals surface area contributed by atoms with Gasteiger partial charge in [0.2, 0.25) is 5.91 Å². The molecule has 1 atom stereocenters. The fourth-order valence-electron chi connectivity index (χ4n) is 2.73. The maximum Gasteiger partial charge on any atom is 0.226 e. The smallest absolute Gasteiger partial charge is 0.226 e. The zero-order chi connectivity index (χ0) is 15.6. The van der Waals surface area contributed by atoms with Crippen molar-refractivity contribution in [2.24, 2.45) is 0 Å². The number of amides is 1. The molecule has 0 N–H and O–H groups in total. The van der Waals surface area contributed by atoms with Gasteiger partial charge in [0.25, 0.3) is 0 Å². The second-order valence-corrected chi connectivity index (χ2v) is 5.52. The molecule has 1 heterocycles. The molecule has 124 valence electrons. The number of benzene rings is 1. The van der Waals surface area contributed by atoms with Crippen molar-refractivity contribution in [3.05, 3.63) is 17.7 Å². The van der Waals surface area contributed by atoms with Gasteiger partial charge < -0.3 is 19.3 Å². The Morgan fingerprint density at radius 2 is 1.86 bits per heavy atom. The molecule has 1 aliphatic heterocycles. The predicted octanol–water partition coefficient (Wildman–Crippen LogP) is 2.35. The minimum absolute atomic E-state index is 0. The van der Waals surface area contributed by atoms with Gasteiger partial charge in [-0.25, -0.2) is 0 Å². The number of fused-ring (bicyclic) bond motifs is 1. The molecular formula is C16H25ClN2O3. The van der Waals surface area contributed by atoms with E-state index in [0.29, 0.717) is 30.5 Å². The predicted molar refractivity (Wildman–Crippen MR) is 90.6 cm³/mol. The minimum Gasteiger partial charge on any atom is -0.493 e. The van der Waals surface area contributed by atoms with Gasteiger partial charge in [0.1, 0.15) is 0 Å². The van der Waals surface area contributed by atoms with Gasteiger partial charge in [-0.15, -0.1) is 12.4 Å². The third kappa shape index (κ3) is 3.47. The second-order valence-electron chi connectivity index (χ2n) is 5.52. The number of rotatable bonds is 4. The molecule has 0 fully saturated rings. The van der Waals surface area contributed by atoms with Crippen LogP contribution in [0, 0.1) is 0 Å². The number of methoxy groups -OCH3 is 2. The molecular weight excluding hydrogens is 304 g/mol. The maximum atomic E-state index is 12.3. The highest BCUT2D eigenvalue weighted by Gasteiger charge is 2.30. The van der Waals surface area contributed by atoms with Crippen molar-refractivity contribution < 1.29 is 14.3 Å². The molecule has 0 spiro atoms. The van der Waals surface area contributed by atoms with Crippen LogP contribution in [0.3, 0.4) is 0 Å². The van der Waals surface area contributed by atoms with Crippen LogP contribution in [0.15, 0.2) is 12.1 Å². The highest BCUT2D eigenvalue weighted by atomic mass is 35.5. The Kier molecular flexibility index (Phi) is 6.50. The van der Waals surface area contributed by atoms with Crippen LogP contribution in [-0.4, -0.2) is 51.7 Å². The van der Waals surface area contributed by atoms with Gasteiger partial charge in [-0.1, -0.05) is 6.92 Å². The molecule has 6 heteroatoms. The van der Waals surface area contributed by atoms with Gasteiger partial charge in [-0.2, -0.15) is 0 Å². The van der Waals surface area contributed by atoms with Crippen molar-refractivity contribution in [3.63, 3.8) is 0 Å². The summed E-state index contributed by atoms with van der Waals surface area (Å²) in [6.45, 7) is 2.60. The number of carbonyl (C=O) groups excluding carboxylic acids is 1. The second kappa shape index (κ2) is 7.70.